The SMILES string of the molecule is COc1ccc(Cl)c(CNc2nc(Nc3cnn(C)c3)ncc2F)c1F. The maximum absolute atomic E-state index is 14.3. The van der Waals surface area contributed by atoms with Gasteiger partial charge in [-0.15, -0.1) is 0 Å². The molecule has 1 aromatic carbocycles. The van der Waals surface area contributed by atoms with Gasteiger partial charge in [-0.1, -0.05) is 11.6 Å². The van der Waals surface area contributed by atoms with Gasteiger partial charge in [0.1, 0.15) is 0 Å². The number of halogens is 3. The van der Waals surface area contributed by atoms with Gasteiger partial charge in [0.15, 0.2) is 23.2 Å². The van der Waals surface area contributed by atoms with Gasteiger partial charge in [0.2, 0.25) is 5.95 Å². The smallest absolute Gasteiger partial charge is 0.229 e. The highest BCUT2D eigenvalue weighted by molar-refractivity contribution is 6.31. The van der Waals surface area contributed by atoms with Crippen molar-refractivity contribution in [3.8, 4) is 5.75 Å². The average Bonchev–Trinajstić information content (AvgIpc) is 3.02. The summed E-state index contributed by atoms with van der Waals surface area (Å²) >= 11 is 6.02. The summed E-state index contributed by atoms with van der Waals surface area (Å²) in [6.07, 6.45) is 4.30. The predicted octanol–water partition coefficient (Wildman–Crippen LogP) is 3.51. The Morgan fingerprint density at radius 1 is 1.27 bits per heavy atom. The van der Waals surface area contributed by atoms with Gasteiger partial charge >= 0.3 is 0 Å². The van der Waals surface area contributed by atoms with E-state index in [-0.39, 0.29) is 34.6 Å². The average molecular weight is 381 g/mol. The largest absolute Gasteiger partial charge is 0.494 e. The van der Waals surface area contributed by atoms with Gasteiger partial charge in [0, 0.05) is 30.4 Å². The van der Waals surface area contributed by atoms with Crippen molar-refractivity contribution in [3.63, 3.8) is 0 Å². The van der Waals surface area contributed by atoms with E-state index < -0.39 is 11.6 Å². The van der Waals surface area contributed by atoms with E-state index >= 15 is 0 Å². The van der Waals surface area contributed by atoms with Crippen LogP contribution in [0.5, 0.6) is 5.75 Å². The molecule has 0 spiro atoms. The summed E-state index contributed by atoms with van der Waals surface area (Å²) in [4.78, 5) is 7.92. The lowest BCUT2D eigenvalue weighted by Gasteiger charge is -2.12. The van der Waals surface area contributed by atoms with E-state index in [0.717, 1.165) is 6.20 Å². The lowest BCUT2D eigenvalue weighted by atomic mass is 10.2. The highest BCUT2D eigenvalue weighted by Gasteiger charge is 2.15. The molecule has 2 N–H and O–H groups in total. The van der Waals surface area contributed by atoms with E-state index in [0.29, 0.717) is 5.69 Å². The molecule has 3 rings (SSSR count). The number of nitrogens with zero attached hydrogens (tertiary/aromatic N) is 4. The molecular formula is C16H15ClF2N6O. The molecule has 2 aromatic heterocycles. The molecule has 10 heteroatoms. The van der Waals surface area contributed by atoms with Crippen molar-refractivity contribution in [2.24, 2.45) is 7.05 Å². The number of methoxy groups -OCH3 is 1. The number of ether oxygens (including phenoxy) is 1. The molecule has 7 nitrogen and oxygen atoms in total. The number of hydrogen-bond donors (Lipinski definition) is 2. The van der Waals surface area contributed by atoms with Crippen molar-refractivity contribution < 1.29 is 13.5 Å². The summed E-state index contributed by atoms with van der Waals surface area (Å²) < 4.78 is 34.8. The van der Waals surface area contributed by atoms with Crippen molar-refractivity contribution in [2.45, 2.75) is 6.54 Å². The fraction of sp³-hybridized carbons (Fsp3) is 0.188. The molecular weight excluding hydrogens is 366 g/mol. The zero-order valence-electron chi connectivity index (χ0n) is 13.9. The first-order chi connectivity index (χ1) is 12.5. The molecule has 136 valence electrons. The summed E-state index contributed by atoms with van der Waals surface area (Å²) in [7, 11) is 3.11. The predicted molar refractivity (Wildman–Crippen MR) is 93.8 cm³/mol. The van der Waals surface area contributed by atoms with Gasteiger partial charge < -0.3 is 15.4 Å². The van der Waals surface area contributed by atoms with E-state index in [4.69, 9.17) is 16.3 Å². The minimum atomic E-state index is -0.679. The zero-order chi connectivity index (χ0) is 18.7. The molecule has 0 unspecified atom stereocenters. The van der Waals surface area contributed by atoms with Crippen LogP contribution in [-0.2, 0) is 13.6 Å². The Morgan fingerprint density at radius 3 is 2.77 bits per heavy atom. The van der Waals surface area contributed by atoms with Crippen molar-refractivity contribution in [1.82, 2.24) is 19.7 Å². The lowest BCUT2D eigenvalue weighted by Crippen LogP contribution is -2.09. The third-order valence-electron chi connectivity index (χ3n) is 3.51. The van der Waals surface area contributed by atoms with Crippen LogP contribution in [0, 0.1) is 11.6 Å². The quantitative estimate of drug-likeness (QED) is 0.681. The van der Waals surface area contributed by atoms with Crippen LogP contribution in [0.1, 0.15) is 5.56 Å². The highest BCUT2D eigenvalue weighted by Crippen LogP contribution is 2.28. The Kier molecular flexibility index (Phi) is 5.17. The molecule has 0 radical (unpaired) electrons. The van der Waals surface area contributed by atoms with Crippen LogP contribution < -0.4 is 15.4 Å². The van der Waals surface area contributed by atoms with Gasteiger partial charge in [-0.05, 0) is 12.1 Å². The standard InChI is InChI=1S/C16H15ClF2N6O/c1-25-8-9(5-22-25)23-16-21-7-12(18)15(24-16)20-6-10-11(17)3-4-13(26-2)14(10)19/h3-5,7-8H,6H2,1-2H3,(H2,20,21,23,24). The first-order valence-electron chi connectivity index (χ1n) is 7.51. The number of hydrogen-bond acceptors (Lipinski definition) is 6. The van der Waals surface area contributed by atoms with Crippen LogP contribution in [-0.4, -0.2) is 26.9 Å². The Labute approximate surface area is 153 Å². The number of aryl methyl sites for hydroxylation is 1. The van der Waals surface area contributed by atoms with Gasteiger partial charge in [-0.25, -0.2) is 13.8 Å². The van der Waals surface area contributed by atoms with Crippen LogP contribution in [0.15, 0.2) is 30.7 Å². The normalized spacial score (nSPS) is 10.7. The first-order valence-corrected chi connectivity index (χ1v) is 7.88. The molecule has 3 aromatic rings. The number of benzene rings is 1. The Bertz CT molecular complexity index is 933. The van der Waals surface area contributed by atoms with E-state index in [2.05, 4.69) is 25.7 Å². The van der Waals surface area contributed by atoms with E-state index in [1.807, 2.05) is 0 Å². The molecule has 0 bridgehead atoms. The molecule has 0 aliphatic heterocycles. The Hall–Kier alpha value is -2.94. The van der Waals surface area contributed by atoms with E-state index in [1.165, 1.54) is 19.2 Å². The molecule has 0 fully saturated rings. The third-order valence-corrected chi connectivity index (χ3v) is 3.86. The number of rotatable bonds is 6. The second kappa shape index (κ2) is 7.52. The van der Waals surface area contributed by atoms with Gasteiger partial charge in [-0.3, -0.25) is 4.68 Å². The van der Waals surface area contributed by atoms with E-state index in [9.17, 15) is 8.78 Å². The molecule has 0 aliphatic carbocycles. The second-order valence-electron chi connectivity index (χ2n) is 5.31. The van der Waals surface area contributed by atoms with Crippen molar-refractivity contribution >= 4 is 29.1 Å². The molecule has 2 heterocycles. The van der Waals surface area contributed by atoms with Crippen molar-refractivity contribution in [1.29, 1.82) is 0 Å². The second-order valence-corrected chi connectivity index (χ2v) is 5.72. The molecule has 0 saturated carbocycles. The number of nitrogens with one attached hydrogen (secondary N) is 2. The van der Waals surface area contributed by atoms with Crippen LogP contribution in [0.2, 0.25) is 5.02 Å². The Balaban J connectivity index is 1.79. The van der Waals surface area contributed by atoms with E-state index in [1.54, 1.807) is 24.1 Å². The van der Waals surface area contributed by atoms with Gasteiger partial charge in [0.25, 0.3) is 0 Å². The monoisotopic (exact) mass is 380 g/mol. The molecule has 0 saturated heterocycles. The molecule has 26 heavy (non-hydrogen) atoms. The highest BCUT2D eigenvalue weighted by atomic mass is 35.5. The van der Waals surface area contributed by atoms with Crippen molar-refractivity contribution in [2.75, 3.05) is 17.7 Å². The molecule has 0 atom stereocenters. The summed E-state index contributed by atoms with van der Waals surface area (Å²) in [5.74, 6) is -1.17. The summed E-state index contributed by atoms with van der Waals surface area (Å²) in [5.41, 5.74) is 0.790. The van der Waals surface area contributed by atoms with Crippen LogP contribution in [0.4, 0.5) is 26.2 Å². The Morgan fingerprint density at radius 2 is 2.08 bits per heavy atom. The maximum Gasteiger partial charge on any atom is 0.229 e. The number of anilines is 3. The lowest BCUT2D eigenvalue weighted by molar-refractivity contribution is 0.384. The molecule has 0 amide bonds. The third kappa shape index (κ3) is 3.83. The minimum absolute atomic E-state index is 0.0493. The van der Waals surface area contributed by atoms with Crippen LogP contribution in [0.25, 0.3) is 0 Å². The summed E-state index contributed by atoms with van der Waals surface area (Å²) in [6.45, 7) is -0.0812. The summed E-state index contributed by atoms with van der Waals surface area (Å²) in [5, 5.41) is 9.82. The minimum Gasteiger partial charge on any atom is -0.494 e. The zero-order valence-corrected chi connectivity index (χ0v) is 14.7. The first kappa shape index (κ1) is 17.9. The van der Waals surface area contributed by atoms with Crippen molar-refractivity contribution in [3.05, 3.63) is 52.9 Å². The molecule has 0 aliphatic rings. The number of aromatic nitrogens is 4. The van der Waals surface area contributed by atoms with Crippen LogP contribution >= 0.6 is 11.6 Å². The van der Waals surface area contributed by atoms with Gasteiger partial charge in [0.05, 0.1) is 25.2 Å². The topological polar surface area (TPSA) is 76.9 Å². The maximum atomic E-state index is 14.3. The summed E-state index contributed by atoms with van der Waals surface area (Å²) in [6, 6.07) is 2.93. The fourth-order valence-electron chi connectivity index (χ4n) is 2.23. The van der Waals surface area contributed by atoms with Gasteiger partial charge in [-0.2, -0.15) is 10.1 Å². The fourth-order valence-corrected chi connectivity index (χ4v) is 2.45. The van der Waals surface area contributed by atoms with Crippen LogP contribution in [0.3, 0.4) is 0 Å².